The SMILES string of the molecule is CCCN(CCc1ccccc1)C(C)CCc1ccc(C2CC2Cl)cc1. The van der Waals surface area contributed by atoms with Crippen LogP contribution in [0.5, 0.6) is 0 Å². The van der Waals surface area contributed by atoms with E-state index in [1.807, 2.05) is 0 Å². The van der Waals surface area contributed by atoms with Crippen molar-refractivity contribution in [1.29, 1.82) is 0 Å². The van der Waals surface area contributed by atoms with E-state index in [-0.39, 0.29) is 0 Å². The van der Waals surface area contributed by atoms with Crippen LogP contribution in [0, 0.1) is 0 Å². The molecule has 2 aromatic rings. The molecule has 2 aromatic carbocycles. The fourth-order valence-corrected chi connectivity index (χ4v) is 4.09. The minimum absolute atomic E-state index is 0.369. The number of nitrogens with zero attached hydrogens (tertiary/aromatic N) is 1. The van der Waals surface area contributed by atoms with E-state index in [0.29, 0.717) is 17.3 Å². The van der Waals surface area contributed by atoms with Gasteiger partial charge < -0.3 is 4.90 Å². The van der Waals surface area contributed by atoms with E-state index < -0.39 is 0 Å². The molecular formula is C24H32ClN. The molecule has 1 aliphatic rings. The third-order valence-electron chi connectivity index (χ3n) is 5.64. The normalized spacial score (nSPS) is 20.3. The smallest absolute Gasteiger partial charge is 0.0411 e. The van der Waals surface area contributed by atoms with Gasteiger partial charge in [-0.1, -0.05) is 61.5 Å². The molecule has 0 amide bonds. The average Bonchev–Trinajstić information content (AvgIpc) is 3.41. The van der Waals surface area contributed by atoms with Crippen LogP contribution < -0.4 is 0 Å². The molecule has 2 heteroatoms. The highest BCUT2D eigenvalue weighted by molar-refractivity contribution is 6.23. The van der Waals surface area contributed by atoms with Crippen molar-refractivity contribution in [3.05, 3.63) is 71.3 Å². The summed E-state index contributed by atoms with van der Waals surface area (Å²) in [6, 6.07) is 20.6. The van der Waals surface area contributed by atoms with Gasteiger partial charge in [0, 0.05) is 23.9 Å². The molecular weight excluding hydrogens is 338 g/mol. The molecule has 26 heavy (non-hydrogen) atoms. The third kappa shape index (κ3) is 5.59. The zero-order valence-corrected chi connectivity index (χ0v) is 17.0. The van der Waals surface area contributed by atoms with Gasteiger partial charge in [-0.3, -0.25) is 0 Å². The third-order valence-corrected chi connectivity index (χ3v) is 6.12. The Morgan fingerprint density at radius 2 is 1.62 bits per heavy atom. The van der Waals surface area contributed by atoms with Gasteiger partial charge in [-0.25, -0.2) is 0 Å². The van der Waals surface area contributed by atoms with Crippen LogP contribution >= 0.6 is 11.6 Å². The largest absolute Gasteiger partial charge is 0.300 e. The van der Waals surface area contributed by atoms with E-state index in [4.69, 9.17) is 11.6 Å². The van der Waals surface area contributed by atoms with Gasteiger partial charge in [0.05, 0.1) is 0 Å². The molecule has 0 radical (unpaired) electrons. The number of halogens is 1. The highest BCUT2D eigenvalue weighted by Gasteiger charge is 2.36. The van der Waals surface area contributed by atoms with Gasteiger partial charge in [-0.15, -0.1) is 11.6 Å². The lowest BCUT2D eigenvalue weighted by molar-refractivity contribution is 0.202. The number of hydrogen-bond acceptors (Lipinski definition) is 1. The molecule has 1 fully saturated rings. The van der Waals surface area contributed by atoms with Gasteiger partial charge in [0.1, 0.15) is 0 Å². The Balaban J connectivity index is 1.48. The Kier molecular flexibility index (Phi) is 7.16. The average molecular weight is 370 g/mol. The fraction of sp³-hybridized carbons (Fsp3) is 0.500. The Hall–Kier alpha value is -1.31. The van der Waals surface area contributed by atoms with Gasteiger partial charge >= 0.3 is 0 Å². The molecule has 1 saturated carbocycles. The second-order valence-electron chi connectivity index (χ2n) is 7.76. The molecule has 1 nitrogen and oxygen atoms in total. The summed E-state index contributed by atoms with van der Waals surface area (Å²) in [6.07, 6.45) is 5.87. The first-order chi connectivity index (χ1) is 12.7. The van der Waals surface area contributed by atoms with Crippen LogP contribution in [0.1, 0.15) is 55.7 Å². The quantitative estimate of drug-likeness (QED) is 0.460. The van der Waals surface area contributed by atoms with E-state index in [0.717, 1.165) is 25.8 Å². The lowest BCUT2D eigenvalue weighted by atomic mass is 10.0. The lowest BCUT2D eigenvalue weighted by Crippen LogP contribution is -2.35. The predicted octanol–water partition coefficient (Wildman–Crippen LogP) is 6.06. The van der Waals surface area contributed by atoms with Gasteiger partial charge in [-0.2, -0.15) is 0 Å². The number of benzene rings is 2. The van der Waals surface area contributed by atoms with E-state index in [9.17, 15) is 0 Å². The summed E-state index contributed by atoms with van der Waals surface area (Å²) in [6.45, 7) is 7.00. The van der Waals surface area contributed by atoms with E-state index in [1.165, 1.54) is 36.1 Å². The summed E-state index contributed by atoms with van der Waals surface area (Å²) < 4.78 is 0. The second-order valence-corrected chi connectivity index (χ2v) is 8.32. The van der Waals surface area contributed by atoms with Crippen LogP contribution in [0.25, 0.3) is 0 Å². The zero-order chi connectivity index (χ0) is 18.4. The summed E-state index contributed by atoms with van der Waals surface area (Å²) in [7, 11) is 0. The monoisotopic (exact) mass is 369 g/mol. The number of alkyl halides is 1. The maximum Gasteiger partial charge on any atom is 0.0411 e. The van der Waals surface area contributed by atoms with Crippen LogP contribution in [0.4, 0.5) is 0 Å². The molecule has 0 N–H and O–H groups in total. The van der Waals surface area contributed by atoms with Crippen molar-refractivity contribution in [2.24, 2.45) is 0 Å². The van der Waals surface area contributed by atoms with E-state index in [2.05, 4.69) is 73.3 Å². The van der Waals surface area contributed by atoms with Gasteiger partial charge in [-0.05, 0) is 62.3 Å². The summed E-state index contributed by atoms with van der Waals surface area (Å²) in [4.78, 5) is 2.66. The number of aryl methyl sites for hydroxylation is 1. The Bertz CT molecular complexity index is 652. The van der Waals surface area contributed by atoms with Crippen LogP contribution in [0.3, 0.4) is 0 Å². The Morgan fingerprint density at radius 3 is 2.23 bits per heavy atom. The minimum Gasteiger partial charge on any atom is -0.300 e. The topological polar surface area (TPSA) is 3.24 Å². The van der Waals surface area contributed by atoms with Crippen molar-refractivity contribution in [2.45, 2.75) is 63.3 Å². The van der Waals surface area contributed by atoms with Crippen molar-refractivity contribution in [3.8, 4) is 0 Å². The standard InChI is InChI=1S/C24H32ClN/c1-3-16-26(17-15-20-7-5-4-6-8-20)19(2)9-10-21-11-13-22(14-12-21)23-18-24(23)25/h4-8,11-14,19,23-24H,3,9-10,15-18H2,1-2H3. The molecule has 0 aromatic heterocycles. The molecule has 3 unspecified atom stereocenters. The van der Waals surface area contributed by atoms with Crippen molar-refractivity contribution >= 4 is 11.6 Å². The maximum absolute atomic E-state index is 6.16. The van der Waals surface area contributed by atoms with Crippen LogP contribution in [0.15, 0.2) is 54.6 Å². The van der Waals surface area contributed by atoms with Crippen molar-refractivity contribution in [1.82, 2.24) is 4.90 Å². The zero-order valence-electron chi connectivity index (χ0n) is 16.2. The van der Waals surface area contributed by atoms with Crippen molar-refractivity contribution < 1.29 is 0 Å². The first-order valence-electron chi connectivity index (χ1n) is 10.2. The fourth-order valence-electron chi connectivity index (χ4n) is 3.76. The molecule has 0 bridgehead atoms. The van der Waals surface area contributed by atoms with E-state index >= 15 is 0 Å². The first kappa shape index (κ1) is 19.5. The summed E-state index contributed by atoms with van der Waals surface area (Å²) in [5.74, 6) is 0.600. The number of hydrogen-bond donors (Lipinski definition) is 0. The molecule has 0 heterocycles. The summed E-state index contributed by atoms with van der Waals surface area (Å²) >= 11 is 6.16. The Labute approximate surface area is 164 Å². The predicted molar refractivity (Wildman–Crippen MR) is 113 cm³/mol. The number of rotatable bonds is 10. The summed E-state index contributed by atoms with van der Waals surface area (Å²) in [5.41, 5.74) is 4.30. The second kappa shape index (κ2) is 9.58. The molecule has 3 rings (SSSR count). The van der Waals surface area contributed by atoms with Gasteiger partial charge in [0.25, 0.3) is 0 Å². The van der Waals surface area contributed by atoms with Crippen molar-refractivity contribution in [3.63, 3.8) is 0 Å². The molecule has 140 valence electrons. The van der Waals surface area contributed by atoms with Crippen molar-refractivity contribution in [2.75, 3.05) is 13.1 Å². The minimum atomic E-state index is 0.369. The highest BCUT2D eigenvalue weighted by Crippen LogP contribution is 2.45. The lowest BCUT2D eigenvalue weighted by Gasteiger charge is -2.29. The Morgan fingerprint density at radius 1 is 0.962 bits per heavy atom. The molecule has 0 saturated heterocycles. The molecule has 1 aliphatic carbocycles. The highest BCUT2D eigenvalue weighted by atomic mass is 35.5. The van der Waals surface area contributed by atoms with E-state index in [1.54, 1.807) is 0 Å². The molecule has 3 atom stereocenters. The molecule has 0 spiro atoms. The molecule has 0 aliphatic heterocycles. The van der Waals surface area contributed by atoms with Crippen LogP contribution in [-0.4, -0.2) is 29.4 Å². The van der Waals surface area contributed by atoms with Gasteiger partial charge in [0.15, 0.2) is 0 Å². The maximum atomic E-state index is 6.16. The van der Waals surface area contributed by atoms with Crippen LogP contribution in [0.2, 0.25) is 0 Å². The van der Waals surface area contributed by atoms with Crippen LogP contribution in [-0.2, 0) is 12.8 Å². The summed E-state index contributed by atoms with van der Waals surface area (Å²) in [5, 5.41) is 0.369. The first-order valence-corrected chi connectivity index (χ1v) is 10.6. The van der Waals surface area contributed by atoms with Gasteiger partial charge in [0.2, 0.25) is 0 Å².